The summed E-state index contributed by atoms with van der Waals surface area (Å²) in [5.41, 5.74) is 0.0633. The lowest BCUT2D eigenvalue weighted by atomic mass is 10.1. The number of benzene rings is 1. The molecule has 8 heteroatoms. The minimum atomic E-state index is -0.428. The van der Waals surface area contributed by atoms with Crippen LogP contribution in [0.4, 0.5) is 5.69 Å². The first kappa shape index (κ1) is 21.7. The number of nitro benzene ring substituents is 1. The smallest absolute Gasteiger partial charge is 0.269 e. The molecule has 1 fully saturated rings. The molecule has 0 aromatic heterocycles. The molecule has 0 heterocycles. The third-order valence-electron chi connectivity index (χ3n) is 4.15. The number of carbonyl (C=O) groups excluding carboxylic acids is 1. The van der Waals surface area contributed by atoms with E-state index in [-0.39, 0.29) is 24.0 Å². The van der Waals surface area contributed by atoms with Crippen molar-refractivity contribution >= 4 is 35.8 Å². The molecule has 2 rings (SSSR count). The Balaban J connectivity index is 0.00000312. The van der Waals surface area contributed by atoms with Gasteiger partial charge in [-0.2, -0.15) is 0 Å². The van der Waals surface area contributed by atoms with Crippen molar-refractivity contribution in [2.45, 2.75) is 49.5 Å². The van der Waals surface area contributed by atoms with Crippen molar-refractivity contribution in [3.05, 3.63) is 34.4 Å². The lowest BCUT2D eigenvalue weighted by Gasteiger charge is -2.16. The summed E-state index contributed by atoms with van der Waals surface area (Å²) in [6.07, 6.45) is 7.77. The van der Waals surface area contributed by atoms with Crippen LogP contribution in [-0.4, -0.2) is 35.7 Å². The Morgan fingerprint density at radius 1 is 1.12 bits per heavy atom. The van der Waals surface area contributed by atoms with Crippen molar-refractivity contribution in [3.63, 3.8) is 0 Å². The van der Waals surface area contributed by atoms with Crippen molar-refractivity contribution in [1.82, 2.24) is 10.6 Å². The second kappa shape index (κ2) is 12.1. The fraction of sp³-hybridized carbons (Fsp3) is 0.588. The topological polar surface area (TPSA) is 84.3 Å². The van der Waals surface area contributed by atoms with Crippen LogP contribution in [0.25, 0.3) is 0 Å². The standard InChI is InChI=1S/C17H25N3O3S.ClH/c21-17(13-24-16-9-7-15(8-10-16)20(22)23)19-12-11-18-14-5-3-1-2-4-6-14;/h7-10,14,18H,1-6,11-13H2,(H,19,21);1H. The Hall–Kier alpha value is -1.31. The number of halogens is 1. The van der Waals surface area contributed by atoms with Gasteiger partial charge in [-0.3, -0.25) is 14.9 Å². The molecular formula is C17H26ClN3O3S. The number of thioether (sulfide) groups is 1. The van der Waals surface area contributed by atoms with Crippen molar-refractivity contribution in [1.29, 1.82) is 0 Å². The summed E-state index contributed by atoms with van der Waals surface area (Å²) < 4.78 is 0. The number of rotatable bonds is 8. The molecule has 25 heavy (non-hydrogen) atoms. The quantitative estimate of drug-likeness (QED) is 0.234. The molecule has 1 amide bonds. The first-order valence-corrected chi connectivity index (χ1v) is 9.51. The third-order valence-corrected chi connectivity index (χ3v) is 5.16. The van der Waals surface area contributed by atoms with E-state index < -0.39 is 4.92 Å². The number of nitrogens with zero attached hydrogens (tertiary/aromatic N) is 1. The summed E-state index contributed by atoms with van der Waals surface area (Å²) in [6.45, 7) is 1.44. The minimum Gasteiger partial charge on any atom is -0.354 e. The van der Waals surface area contributed by atoms with Crippen LogP contribution in [0, 0.1) is 10.1 Å². The fourth-order valence-corrected chi connectivity index (χ4v) is 3.55. The van der Waals surface area contributed by atoms with Gasteiger partial charge in [0, 0.05) is 36.2 Å². The molecule has 0 bridgehead atoms. The van der Waals surface area contributed by atoms with Crippen LogP contribution in [0.5, 0.6) is 0 Å². The molecule has 0 aliphatic heterocycles. The third kappa shape index (κ3) is 8.56. The van der Waals surface area contributed by atoms with E-state index in [0.717, 1.165) is 11.4 Å². The molecule has 1 saturated carbocycles. The highest BCUT2D eigenvalue weighted by Gasteiger charge is 2.11. The van der Waals surface area contributed by atoms with Gasteiger partial charge in [0.25, 0.3) is 5.69 Å². The monoisotopic (exact) mass is 387 g/mol. The van der Waals surface area contributed by atoms with E-state index in [1.807, 2.05) is 0 Å². The van der Waals surface area contributed by atoms with Crippen molar-refractivity contribution < 1.29 is 9.72 Å². The summed E-state index contributed by atoms with van der Waals surface area (Å²) in [5.74, 6) is 0.308. The Labute approximate surface area is 159 Å². The van der Waals surface area contributed by atoms with Crippen LogP contribution in [0.1, 0.15) is 38.5 Å². The molecule has 0 atom stereocenters. The summed E-state index contributed by atoms with van der Waals surface area (Å²) in [5, 5.41) is 17.0. The second-order valence-corrected chi connectivity index (χ2v) is 7.08. The molecule has 2 N–H and O–H groups in total. The van der Waals surface area contributed by atoms with Crippen LogP contribution in [0.15, 0.2) is 29.2 Å². The van der Waals surface area contributed by atoms with Crippen molar-refractivity contribution in [3.8, 4) is 0 Å². The molecule has 6 nitrogen and oxygen atoms in total. The number of non-ortho nitro benzene ring substituents is 1. The molecule has 1 aromatic rings. The normalized spacial score (nSPS) is 15.0. The predicted molar refractivity (Wildman–Crippen MR) is 104 cm³/mol. The van der Waals surface area contributed by atoms with E-state index in [9.17, 15) is 14.9 Å². The number of nitrogens with one attached hydrogen (secondary N) is 2. The summed E-state index contributed by atoms with van der Waals surface area (Å²) >= 11 is 1.38. The van der Waals surface area contributed by atoms with Gasteiger partial charge in [0.1, 0.15) is 0 Å². The zero-order chi connectivity index (χ0) is 17.2. The molecule has 0 radical (unpaired) electrons. The highest BCUT2D eigenvalue weighted by atomic mass is 35.5. The molecule has 0 unspecified atom stereocenters. The average molecular weight is 388 g/mol. The zero-order valence-electron chi connectivity index (χ0n) is 14.2. The van der Waals surface area contributed by atoms with Crippen LogP contribution >= 0.6 is 24.2 Å². The number of nitro groups is 1. The van der Waals surface area contributed by atoms with Crippen LogP contribution in [-0.2, 0) is 4.79 Å². The molecule has 0 spiro atoms. The number of amides is 1. The SMILES string of the molecule is Cl.O=C(CSc1ccc([N+](=O)[O-])cc1)NCCNC1CCCCCC1. The zero-order valence-corrected chi connectivity index (χ0v) is 15.9. The lowest BCUT2D eigenvalue weighted by molar-refractivity contribution is -0.384. The maximum atomic E-state index is 11.8. The van der Waals surface area contributed by atoms with Crippen LogP contribution < -0.4 is 10.6 Å². The van der Waals surface area contributed by atoms with E-state index in [2.05, 4.69) is 10.6 Å². The van der Waals surface area contributed by atoms with Gasteiger partial charge in [-0.15, -0.1) is 24.2 Å². The van der Waals surface area contributed by atoms with Gasteiger partial charge in [-0.25, -0.2) is 0 Å². The summed E-state index contributed by atoms with van der Waals surface area (Å²) in [6, 6.07) is 6.85. The van der Waals surface area contributed by atoms with E-state index in [1.165, 1.54) is 62.4 Å². The first-order chi connectivity index (χ1) is 11.6. The van der Waals surface area contributed by atoms with Crippen LogP contribution in [0.3, 0.4) is 0 Å². The van der Waals surface area contributed by atoms with Gasteiger partial charge in [-0.1, -0.05) is 25.7 Å². The number of hydrogen-bond acceptors (Lipinski definition) is 5. The molecule has 1 aromatic carbocycles. The van der Waals surface area contributed by atoms with Crippen molar-refractivity contribution in [2.24, 2.45) is 0 Å². The number of hydrogen-bond donors (Lipinski definition) is 2. The molecule has 1 aliphatic rings. The average Bonchev–Trinajstić information content (AvgIpc) is 2.86. The van der Waals surface area contributed by atoms with Gasteiger partial charge in [0.05, 0.1) is 10.7 Å². The maximum Gasteiger partial charge on any atom is 0.269 e. The lowest BCUT2D eigenvalue weighted by Crippen LogP contribution is -2.37. The molecule has 0 saturated heterocycles. The minimum absolute atomic E-state index is 0. The Kier molecular flexibility index (Phi) is 10.5. The Morgan fingerprint density at radius 3 is 2.36 bits per heavy atom. The van der Waals surface area contributed by atoms with Crippen LogP contribution in [0.2, 0.25) is 0 Å². The first-order valence-electron chi connectivity index (χ1n) is 8.52. The molecule has 1 aliphatic carbocycles. The van der Waals surface area contributed by atoms with E-state index in [4.69, 9.17) is 0 Å². The van der Waals surface area contributed by atoms with Gasteiger partial charge >= 0.3 is 0 Å². The van der Waals surface area contributed by atoms with Gasteiger partial charge in [0.2, 0.25) is 5.91 Å². The molecular weight excluding hydrogens is 362 g/mol. The predicted octanol–water partition coefficient (Wildman–Crippen LogP) is 3.54. The molecule has 140 valence electrons. The summed E-state index contributed by atoms with van der Waals surface area (Å²) in [7, 11) is 0. The highest BCUT2D eigenvalue weighted by Crippen LogP contribution is 2.21. The second-order valence-electron chi connectivity index (χ2n) is 6.03. The van der Waals surface area contributed by atoms with Gasteiger partial charge in [0.15, 0.2) is 0 Å². The van der Waals surface area contributed by atoms with E-state index >= 15 is 0 Å². The van der Waals surface area contributed by atoms with Gasteiger partial charge in [-0.05, 0) is 25.0 Å². The van der Waals surface area contributed by atoms with Crippen molar-refractivity contribution in [2.75, 3.05) is 18.8 Å². The van der Waals surface area contributed by atoms with Gasteiger partial charge < -0.3 is 10.6 Å². The highest BCUT2D eigenvalue weighted by molar-refractivity contribution is 8.00. The fourth-order valence-electron chi connectivity index (χ4n) is 2.83. The van der Waals surface area contributed by atoms with E-state index in [0.29, 0.717) is 18.3 Å². The summed E-state index contributed by atoms with van der Waals surface area (Å²) in [4.78, 5) is 22.8. The maximum absolute atomic E-state index is 11.8. The Morgan fingerprint density at radius 2 is 1.76 bits per heavy atom. The van der Waals surface area contributed by atoms with E-state index in [1.54, 1.807) is 12.1 Å². The largest absolute Gasteiger partial charge is 0.354 e. The number of carbonyl (C=O) groups is 1. The Bertz CT molecular complexity index is 534.